The van der Waals surface area contributed by atoms with Crippen LogP contribution in [0.3, 0.4) is 0 Å². The largest absolute Gasteiger partial charge is 0.495 e. The Morgan fingerprint density at radius 2 is 2.05 bits per heavy atom. The van der Waals surface area contributed by atoms with Gasteiger partial charge in [-0.3, -0.25) is 4.79 Å². The lowest BCUT2D eigenvalue weighted by atomic mass is 10.1. The average Bonchev–Trinajstić information content (AvgIpc) is 2.38. The predicted octanol–water partition coefficient (Wildman–Crippen LogP) is 3.32. The van der Waals surface area contributed by atoms with Crippen LogP contribution in [-0.4, -0.2) is 13.0 Å². The lowest BCUT2D eigenvalue weighted by Gasteiger charge is -2.11. The third-order valence-electron chi connectivity index (χ3n) is 2.88. The van der Waals surface area contributed by atoms with E-state index in [-0.39, 0.29) is 18.1 Å². The number of nitrogens with one attached hydrogen (secondary N) is 1. The molecule has 0 saturated heterocycles. The van der Waals surface area contributed by atoms with Gasteiger partial charge in [0.05, 0.1) is 19.2 Å². The summed E-state index contributed by atoms with van der Waals surface area (Å²) in [5, 5.41) is 2.78. The fraction of sp³-hybridized carbons (Fsp3) is 0.188. The van der Waals surface area contributed by atoms with Crippen LogP contribution >= 0.6 is 0 Å². The minimum Gasteiger partial charge on any atom is -0.495 e. The molecule has 2 aromatic carbocycles. The van der Waals surface area contributed by atoms with E-state index in [4.69, 9.17) is 4.74 Å². The molecule has 0 atom stereocenters. The van der Waals surface area contributed by atoms with Gasteiger partial charge in [0.25, 0.3) is 0 Å². The van der Waals surface area contributed by atoms with Gasteiger partial charge in [0.1, 0.15) is 11.6 Å². The molecule has 4 heteroatoms. The van der Waals surface area contributed by atoms with Crippen LogP contribution in [0.2, 0.25) is 0 Å². The molecule has 104 valence electrons. The highest BCUT2D eigenvalue weighted by atomic mass is 19.1. The van der Waals surface area contributed by atoms with Gasteiger partial charge in [-0.15, -0.1) is 0 Å². The van der Waals surface area contributed by atoms with Gasteiger partial charge in [0.2, 0.25) is 5.91 Å². The number of rotatable bonds is 4. The smallest absolute Gasteiger partial charge is 0.228 e. The van der Waals surface area contributed by atoms with Crippen molar-refractivity contribution in [2.75, 3.05) is 12.4 Å². The zero-order valence-electron chi connectivity index (χ0n) is 11.4. The quantitative estimate of drug-likeness (QED) is 0.928. The van der Waals surface area contributed by atoms with Crippen molar-refractivity contribution >= 4 is 11.6 Å². The SMILES string of the molecule is COc1ccc(C)cc1NC(=O)Cc1cccc(F)c1. The van der Waals surface area contributed by atoms with Crippen molar-refractivity contribution in [1.29, 1.82) is 0 Å². The monoisotopic (exact) mass is 273 g/mol. The Bertz CT molecular complexity index is 626. The van der Waals surface area contributed by atoms with E-state index in [2.05, 4.69) is 5.32 Å². The van der Waals surface area contributed by atoms with E-state index >= 15 is 0 Å². The van der Waals surface area contributed by atoms with Crippen LogP contribution in [0, 0.1) is 12.7 Å². The minimum absolute atomic E-state index is 0.120. The zero-order valence-corrected chi connectivity index (χ0v) is 11.4. The third-order valence-corrected chi connectivity index (χ3v) is 2.88. The molecule has 0 unspecified atom stereocenters. The molecule has 0 aromatic heterocycles. The Labute approximate surface area is 117 Å². The molecule has 0 radical (unpaired) electrons. The summed E-state index contributed by atoms with van der Waals surface area (Å²) in [5.74, 6) is 0.0473. The fourth-order valence-corrected chi connectivity index (χ4v) is 1.95. The van der Waals surface area contributed by atoms with Crippen molar-refractivity contribution in [3.05, 3.63) is 59.4 Å². The summed E-state index contributed by atoms with van der Waals surface area (Å²) in [5.41, 5.74) is 2.27. The molecule has 0 aliphatic heterocycles. The van der Waals surface area contributed by atoms with Gasteiger partial charge in [-0.2, -0.15) is 0 Å². The van der Waals surface area contributed by atoms with Gasteiger partial charge in [0.15, 0.2) is 0 Å². The Kier molecular flexibility index (Phi) is 4.35. The predicted molar refractivity (Wildman–Crippen MR) is 76.5 cm³/mol. The second-order valence-electron chi connectivity index (χ2n) is 4.56. The number of amides is 1. The van der Waals surface area contributed by atoms with Crippen molar-refractivity contribution in [3.63, 3.8) is 0 Å². The first-order valence-corrected chi connectivity index (χ1v) is 6.27. The lowest BCUT2D eigenvalue weighted by molar-refractivity contribution is -0.115. The molecule has 0 spiro atoms. The molecule has 0 heterocycles. The van der Waals surface area contributed by atoms with E-state index in [1.54, 1.807) is 25.3 Å². The summed E-state index contributed by atoms with van der Waals surface area (Å²) in [6, 6.07) is 11.6. The zero-order chi connectivity index (χ0) is 14.5. The second kappa shape index (κ2) is 6.19. The Balaban J connectivity index is 2.10. The average molecular weight is 273 g/mol. The number of halogens is 1. The number of hydrogen-bond acceptors (Lipinski definition) is 2. The summed E-state index contributed by atoms with van der Waals surface area (Å²) < 4.78 is 18.3. The molecule has 0 bridgehead atoms. The highest BCUT2D eigenvalue weighted by Crippen LogP contribution is 2.25. The number of hydrogen-bond donors (Lipinski definition) is 1. The molecule has 2 aromatic rings. The summed E-state index contributed by atoms with van der Waals surface area (Å²) in [4.78, 5) is 12.0. The first kappa shape index (κ1) is 14.1. The summed E-state index contributed by atoms with van der Waals surface area (Å²) in [6.07, 6.45) is 0.120. The molecule has 1 amide bonds. The number of benzene rings is 2. The first-order chi connectivity index (χ1) is 9.58. The van der Waals surface area contributed by atoms with Crippen LogP contribution in [0.1, 0.15) is 11.1 Å². The standard InChI is InChI=1S/C16H16FNO2/c1-11-6-7-15(20-2)14(8-11)18-16(19)10-12-4-3-5-13(17)9-12/h3-9H,10H2,1-2H3,(H,18,19). The van der Waals surface area contributed by atoms with E-state index in [0.717, 1.165) is 5.56 Å². The van der Waals surface area contributed by atoms with E-state index in [1.165, 1.54) is 12.1 Å². The van der Waals surface area contributed by atoms with Gasteiger partial charge in [0, 0.05) is 0 Å². The van der Waals surface area contributed by atoms with Crippen molar-refractivity contribution in [2.45, 2.75) is 13.3 Å². The second-order valence-corrected chi connectivity index (χ2v) is 4.56. The number of anilines is 1. The van der Waals surface area contributed by atoms with Crippen LogP contribution in [0.4, 0.5) is 10.1 Å². The van der Waals surface area contributed by atoms with Crippen molar-refractivity contribution < 1.29 is 13.9 Å². The summed E-state index contributed by atoms with van der Waals surface area (Å²) in [7, 11) is 1.55. The summed E-state index contributed by atoms with van der Waals surface area (Å²) in [6.45, 7) is 1.93. The highest BCUT2D eigenvalue weighted by Gasteiger charge is 2.09. The van der Waals surface area contributed by atoms with Gasteiger partial charge in [-0.05, 0) is 42.3 Å². The Morgan fingerprint density at radius 1 is 1.25 bits per heavy atom. The molecule has 2 rings (SSSR count). The molecule has 0 saturated carbocycles. The third kappa shape index (κ3) is 3.57. The minimum atomic E-state index is -0.344. The first-order valence-electron chi connectivity index (χ1n) is 6.27. The molecular formula is C16H16FNO2. The normalized spacial score (nSPS) is 10.2. The Hall–Kier alpha value is -2.36. The highest BCUT2D eigenvalue weighted by molar-refractivity contribution is 5.93. The maximum absolute atomic E-state index is 13.1. The van der Waals surface area contributed by atoms with Crippen molar-refractivity contribution in [3.8, 4) is 5.75 Å². The van der Waals surface area contributed by atoms with E-state index in [9.17, 15) is 9.18 Å². The molecule has 20 heavy (non-hydrogen) atoms. The molecule has 0 aliphatic carbocycles. The van der Waals surface area contributed by atoms with E-state index < -0.39 is 0 Å². The van der Waals surface area contributed by atoms with Crippen LogP contribution in [-0.2, 0) is 11.2 Å². The molecule has 0 fully saturated rings. The van der Waals surface area contributed by atoms with E-state index in [0.29, 0.717) is 17.0 Å². The Morgan fingerprint density at radius 3 is 2.75 bits per heavy atom. The van der Waals surface area contributed by atoms with Crippen LogP contribution in [0.15, 0.2) is 42.5 Å². The lowest BCUT2D eigenvalue weighted by Crippen LogP contribution is -2.15. The topological polar surface area (TPSA) is 38.3 Å². The van der Waals surface area contributed by atoms with Gasteiger partial charge in [-0.25, -0.2) is 4.39 Å². The van der Waals surface area contributed by atoms with Crippen LogP contribution in [0.5, 0.6) is 5.75 Å². The van der Waals surface area contributed by atoms with Crippen LogP contribution in [0.25, 0.3) is 0 Å². The van der Waals surface area contributed by atoms with Gasteiger partial charge >= 0.3 is 0 Å². The van der Waals surface area contributed by atoms with Crippen molar-refractivity contribution in [2.24, 2.45) is 0 Å². The number of aryl methyl sites for hydroxylation is 1. The maximum atomic E-state index is 13.1. The van der Waals surface area contributed by atoms with Gasteiger partial charge in [-0.1, -0.05) is 18.2 Å². The molecule has 1 N–H and O–H groups in total. The number of carbonyl (C=O) groups excluding carboxylic acids is 1. The number of ether oxygens (including phenoxy) is 1. The number of methoxy groups -OCH3 is 1. The van der Waals surface area contributed by atoms with E-state index in [1.807, 2.05) is 19.1 Å². The molecular weight excluding hydrogens is 257 g/mol. The summed E-state index contributed by atoms with van der Waals surface area (Å²) >= 11 is 0. The molecule has 0 aliphatic rings. The van der Waals surface area contributed by atoms with Crippen molar-refractivity contribution in [1.82, 2.24) is 0 Å². The van der Waals surface area contributed by atoms with Gasteiger partial charge < -0.3 is 10.1 Å². The number of carbonyl (C=O) groups is 1. The molecule has 3 nitrogen and oxygen atoms in total. The maximum Gasteiger partial charge on any atom is 0.228 e. The van der Waals surface area contributed by atoms with Crippen LogP contribution < -0.4 is 10.1 Å². The fourth-order valence-electron chi connectivity index (χ4n) is 1.95.